The second-order valence-electron chi connectivity index (χ2n) is 3.25. The van der Waals surface area contributed by atoms with Crippen LogP contribution in [0.2, 0.25) is 0 Å². The Morgan fingerprint density at radius 3 is 2.62 bits per heavy atom. The van der Waals surface area contributed by atoms with Gasteiger partial charge in [0, 0.05) is 18.7 Å². The Balaban J connectivity index is 3.02. The topological polar surface area (TPSA) is 29.1 Å². The Bertz CT molecular complexity index is 307. The second-order valence-corrected chi connectivity index (χ2v) is 3.25. The van der Waals surface area contributed by atoms with Gasteiger partial charge in [0.25, 0.3) is 0 Å². The Morgan fingerprint density at radius 1 is 1.46 bits per heavy atom. The van der Waals surface area contributed by atoms with Gasteiger partial charge in [-0.05, 0) is 24.1 Å². The highest BCUT2D eigenvalue weighted by molar-refractivity contribution is 5.63. The molecular weight excluding hydrogens is 162 g/mol. The SMILES string of the molecule is CNc1ccc(C(C)C=O)cc1C. The van der Waals surface area contributed by atoms with Crippen molar-refractivity contribution in [3.63, 3.8) is 0 Å². The number of hydrogen-bond acceptors (Lipinski definition) is 2. The van der Waals surface area contributed by atoms with E-state index >= 15 is 0 Å². The molecule has 0 fully saturated rings. The third kappa shape index (κ3) is 2.08. The number of rotatable bonds is 3. The molecule has 13 heavy (non-hydrogen) atoms. The molecule has 1 N–H and O–H groups in total. The van der Waals surface area contributed by atoms with Gasteiger partial charge < -0.3 is 10.1 Å². The van der Waals surface area contributed by atoms with Crippen molar-refractivity contribution >= 4 is 12.0 Å². The highest BCUT2D eigenvalue weighted by atomic mass is 16.1. The number of benzene rings is 1. The maximum absolute atomic E-state index is 10.6. The van der Waals surface area contributed by atoms with Gasteiger partial charge in [0.2, 0.25) is 0 Å². The van der Waals surface area contributed by atoms with Crippen LogP contribution in [-0.2, 0) is 4.79 Å². The lowest BCUT2D eigenvalue weighted by Crippen LogP contribution is -1.97. The molecule has 1 rings (SSSR count). The minimum atomic E-state index is -0.00962. The van der Waals surface area contributed by atoms with E-state index in [2.05, 4.69) is 5.32 Å². The number of hydrogen-bond donors (Lipinski definition) is 1. The molecule has 2 heteroatoms. The summed E-state index contributed by atoms with van der Waals surface area (Å²) < 4.78 is 0. The van der Waals surface area contributed by atoms with Gasteiger partial charge >= 0.3 is 0 Å². The Hall–Kier alpha value is -1.31. The lowest BCUT2D eigenvalue weighted by Gasteiger charge is -2.09. The smallest absolute Gasteiger partial charge is 0.127 e. The van der Waals surface area contributed by atoms with Crippen LogP contribution < -0.4 is 5.32 Å². The number of carbonyl (C=O) groups is 1. The van der Waals surface area contributed by atoms with Gasteiger partial charge in [-0.2, -0.15) is 0 Å². The number of nitrogens with one attached hydrogen (secondary N) is 1. The summed E-state index contributed by atoms with van der Waals surface area (Å²) in [7, 11) is 1.89. The van der Waals surface area contributed by atoms with Crippen LogP contribution in [0.4, 0.5) is 5.69 Å². The van der Waals surface area contributed by atoms with E-state index in [4.69, 9.17) is 0 Å². The van der Waals surface area contributed by atoms with Gasteiger partial charge in [0.15, 0.2) is 0 Å². The summed E-state index contributed by atoms with van der Waals surface area (Å²) in [4.78, 5) is 10.6. The fourth-order valence-corrected chi connectivity index (χ4v) is 1.33. The van der Waals surface area contributed by atoms with E-state index in [0.29, 0.717) is 0 Å². The molecule has 1 aromatic rings. The molecule has 0 aromatic heterocycles. The molecule has 0 saturated heterocycles. The van der Waals surface area contributed by atoms with Gasteiger partial charge in [-0.25, -0.2) is 0 Å². The summed E-state index contributed by atoms with van der Waals surface area (Å²) in [5, 5.41) is 3.09. The van der Waals surface area contributed by atoms with Crippen molar-refractivity contribution in [3.05, 3.63) is 29.3 Å². The maximum Gasteiger partial charge on any atom is 0.127 e. The number of anilines is 1. The molecule has 2 nitrogen and oxygen atoms in total. The van der Waals surface area contributed by atoms with Crippen LogP contribution in [-0.4, -0.2) is 13.3 Å². The van der Waals surface area contributed by atoms with Crippen LogP contribution in [0.25, 0.3) is 0 Å². The van der Waals surface area contributed by atoms with E-state index in [-0.39, 0.29) is 5.92 Å². The normalized spacial score (nSPS) is 12.2. The summed E-state index contributed by atoms with van der Waals surface area (Å²) >= 11 is 0. The highest BCUT2D eigenvalue weighted by Gasteiger charge is 2.04. The lowest BCUT2D eigenvalue weighted by atomic mass is 10.00. The van der Waals surface area contributed by atoms with Gasteiger partial charge in [-0.1, -0.05) is 19.1 Å². The Kier molecular flexibility index (Phi) is 3.07. The van der Waals surface area contributed by atoms with Crippen molar-refractivity contribution in [2.24, 2.45) is 0 Å². The average Bonchev–Trinajstić information content (AvgIpc) is 2.16. The molecule has 0 bridgehead atoms. The van der Waals surface area contributed by atoms with Crippen molar-refractivity contribution in [2.45, 2.75) is 19.8 Å². The second kappa shape index (κ2) is 4.08. The fourth-order valence-electron chi connectivity index (χ4n) is 1.33. The predicted molar refractivity (Wildman–Crippen MR) is 55.2 cm³/mol. The molecule has 0 saturated carbocycles. The first kappa shape index (κ1) is 9.78. The number of aryl methyl sites for hydroxylation is 1. The molecule has 1 atom stereocenters. The van der Waals surface area contributed by atoms with E-state index in [1.165, 1.54) is 5.56 Å². The van der Waals surface area contributed by atoms with Gasteiger partial charge in [-0.3, -0.25) is 0 Å². The van der Waals surface area contributed by atoms with E-state index in [1.54, 1.807) is 0 Å². The molecule has 1 unspecified atom stereocenters. The van der Waals surface area contributed by atoms with Crippen molar-refractivity contribution in [3.8, 4) is 0 Å². The van der Waals surface area contributed by atoms with E-state index in [1.807, 2.05) is 39.1 Å². The van der Waals surface area contributed by atoms with Crippen LogP contribution in [0.15, 0.2) is 18.2 Å². The highest BCUT2D eigenvalue weighted by Crippen LogP contribution is 2.20. The predicted octanol–water partition coefficient (Wildman–Crippen LogP) is 2.34. The van der Waals surface area contributed by atoms with E-state index in [9.17, 15) is 4.79 Å². The van der Waals surface area contributed by atoms with Crippen LogP contribution in [0, 0.1) is 6.92 Å². The van der Waals surface area contributed by atoms with Crippen LogP contribution in [0.1, 0.15) is 24.0 Å². The number of carbonyl (C=O) groups excluding carboxylic acids is 1. The van der Waals surface area contributed by atoms with Gasteiger partial charge in [0.05, 0.1) is 0 Å². The first-order valence-corrected chi connectivity index (χ1v) is 4.42. The van der Waals surface area contributed by atoms with E-state index in [0.717, 1.165) is 17.5 Å². The van der Waals surface area contributed by atoms with Gasteiger partial charge in [0.1, 0.15) is 6.29 Å². The zero-order valence-electron chi connectivity index (χ0n) is 8.29. The molecule has 0 radical (unpaired) electrons. The third-order valence-electron chi connectivity index (χ3n) is 2.25. The molecular formula is C11H15NO. The third-order valence-corrected chi connectivity index (χ3v) is 2.25. The molecule has 0 aliphatic rings. The first-order chi connectivity index (χ1) is 6.19. The van der Waals surface area contributed by atoms with Crippen LogP contribution in [0.3, 0.4) is 0 Å². The monoisotopic (exact) mass is 177 g/mol. The maximum atomic E-state index is 10.6. The summed E-state index contributed by atoms with van der Waals surface area (Å²) in [6, 6.07) is 6.04. The van der Waals surface area contributed by atoms with Crippen LogP contribution in [0.5, 0.6) is 0 Å². The first-order valence-electron chi connectivity index (χ1n) is 4.42. The molecule has 1 aromatic carbocycles. The Labute approximate surface area is 79.0 Å². The van der Waals surface area contributed by atoms with Crippen molar-refractivity contribution in [1.29, 1.82) is 0 Å². The molecule has 0 spiro atoms. The van der Waals surface area contributed by atoms with E-state index < -0.39 is 0 Å². The van der Waals surface area contributed by atoms with Crippen molar-refractivity contribution in [2.75, 3.05) is 12.4 Å². The molecule has 70 valence electrons. The van der Waals surface area contributed by atoms with Crippen LogP contribution >= 0.6 is 0 Å². The minimum absolute atomic E-state index is 0.00962. The molecule has 0 amide bonds. The standard InChI is InChI=1S/C11H15NO/c1-8-6-10(9(2)7-13)4-5-11(8)12-3/h4-7,9,12H,1-3H3. The molecule has 0 heterocycles. The zero-order chi connectivity index (χ0) is 9.84. The largest absolute Gasteiger partial charge is 0.388 e. The molecule has 0 aliphatic carbocycles. The summed E-state index contributed by atoms with van der Waals surface area (Å²) in [5.74, 6) is -0.00962. The summed E-state index contributed by atoms with van der Waals surface area (Å²) in [5.41, 5.74) is 3.36. The fraction of sp³-hybridized carbons (Fsp3) is 0.364. The minimum Gasteiger partial charge on any atom is -0.388 e. The average molecular weight is 177 g/mol. The van der Waals surface area contributed by atoms with Crippen molar-refractivity contribution < 1.29 is 4.79 Å². The zero-order valence-corrected chi connectivity index (χ0v) is 8.29. The van der Waals surface area contributed by atoms with Crippen molar-refractivity contribution in [1.82, 2.24) is 0 Å². The number of aldehydes is 1. The quantitative estimate of drug-likeness (QED) is 0.718. The van der Waals surface area contributed by atoms with Gasteiger partial charge in [-0.15, -0.1) is 0 Å². The molecule has 0 aliphatic heterocycles. The summed E-state index contributed by atoms with van der Waals surface area (Å²) in [6.45, 7) is 3.94. The lowest BCUT2D eigenvalue weighted by molar-refractivity contribution is -0.108. The Morgan fingerprint density at radius 2 is 2.15 bits per heavy atom. The summed E-state index contributed by atoms with van der Waals surface area (Å²) in [6.07, 6.45) is 0.966.